The van der Waals surface area contributed by atoms with Crippen LogP contribution in [0.4, 0.5) is 14.0 Å². The van der Waals surface area contributed by atoms with Gasteiger partial charge in [0.25, 0.3) is 3.91 Å². The third kappa shape index (κ3) is 2.91. The van der Waals surface area contributed by atoms with E-state index in [9.17, 15) is 39.5 Å². The SMILES string of the molecule is O=C1NC(=O)[N+]([C@@H]2O[C@H](CO)[C@@H](O)[C@H]2O)([C@@H]2O[C@H](CO)[C@@H](O)[C@@H]2F)C=I1. The highest BCUT2D eigenvalue weighted by Crippen LogP contribution is 2.39. The monoisotopic (exact) mass is 493 g/mol. The zero-order valence-electron chi connectivity index (χ0n) is 13.2. The van der Waals surface area contributed by atoms with Crippen molar-refractivity contribution in [3.8, 4) is 0 Å². The van der Waals surface area contributed by atoms with Gasteiger partial charge < -0.3 is 35.0 Å². The fourth-order valence-electron chi connectivity index (χ4n) is 3.29. The van der Waals surface area contributed by atoms with Crippen molar-refractivity contribution in [1.82, 2.24) is 5.32 Å². The third-order valence-electron chi connectivity index (χ3n) is 4.70. The van der Waals surface area contributed by atoms with Crippen molar-refractivity contribution in [1.29, 1.82) is 0 Å². The lowest BCUT2D eigenvalue weighted by molar-refractivity contribution is -0.861. The second-order valence-electron chi connectivity index (χ2n) is 6.16. The first-order valence-corrected chi connectivity index (χ1v) is 10.0. The number of hydrogen-bond donors (Lipinski definition) is 6. The van der Waals surface area contributed by atoms with Gasteiger partial charge >= 0.3 is 6.03 Å². The van der Waals surface area contributed by atoms with E-state index in [0.717, 1.165) is 0 Å². The molecular weight excluding hydrogens is 474 g/mol. The van der Waals surface area contributed by atoms with Crippen molar-refractivity contribution in [2.75, 3.05) is 13.2 Å². The summed E-state index contributed by atoms with van der Waals surface area (Å²) < 4.78 is 24.9. The number of urea groups is 1. The number of nitrogens with one attached hydrogen (secondary N) is 1. The number of carbonyl (C=O) groups excluding carboxylic acids is 2. The molecule has 3 heterocycles. The number of aliphatic hydroxyl groups excluding tert-OH is 5. The fourth-order valence-corrected chi connectivity index (χ4v) is 5.28. The van der Waals surface area contributed by atoms with Gasteiger partial charge in [-0.2, -0.15) is 4.48 Å². The van der Waals surface area contributed by atoms with E-state index in [0.29, 0.717) is 0 Å². The molecule has 6 N–H and O–H groups in total. The molecule has 0 aromatic rings. The maximum Gasteiger partial charge on any atom is 0.433 e. The van der Waals surface area contributed by atoms with Crippen LogP contribution in [0.25, 0.3) is 0 Å². The number of nitrogens with zero attached hydrogens (tertiary/aromatic N) is 1. The number of halogens is 2. The molecule has 0 aromatic heterocycles. The Morgan fingerprint density at radius 1 is 1.04 bits per heavy atom. The van der Waals surface area contributed by atoms with Crippen LogP contribution < -0.4 is 5.32 Å². The summed E-state index contributed by atoms with van der Waals surface area (Å²) in [4.78, 5) is 24.3. The van der Waals surface area contributed by atoms with E-state index >= 15 is 0 Å². The summed E-state index contributed by atoms with van der Waals surface area (Å²) in [6, 6.07) is -1.06. The van der Waals surface area contributed by atoms with Crippen LogP contribution in [-0.2, 0) is 9.47 Å². The number of hydrogen-bond acceptors (Lipinski definition) is 9. The molecular formula is C13H19FIN2O9+. The lowest BCUT2D eigenvalue weighted by atomic mass is 10.1. The van der Waals surface area contributed by atoms with Crippen LogP contribution in [0.2, 0.25) is 0 Å². The number of imide groups is 1. The molecule has 13 heteroatoms. The molecule has 2 saturated heterocycles. The molecule has 0 bridgehead atoms. The quantitative estimate of drug-likeness (QED) is 0.105. The van der Waals surface area contributed by atoms with Crippen LogP contribution in [0.5, 0.6) is 0 Å². The number of ether oxygens (including phenoxy) is 2. The summed E-state index contributed by atoms with van der Waals surface area (Å²) in [6.07, 6.45) is -13.0. The minimum absolute atomic E-state index is 0.568. The summed E-state index contributed by atoms with van der Waals surface area (Å²) in [5.74, 6) is 0. The Morgan fingerprint density at radius 2 is 1.62 bits per heavy atom. The van der Waals surface area contributed by atoms with Crippen LogP contribution in [0, 0.1) is 0 Å². The van der Waals surface area contributed by atoms with Crippen LogP contribution in [0.3, 0.4) is 0 Å². The van der Waals surface area contributed by atoms with Crippen LogP contribution >= 0.6 is 20.7 Å². The number of amides is 3. The molecule has 3 rings (SSSR count). The topological polar surface area (TPSA) is 166 Å². The van der Waals surface area contributed by atoms with Gasteiger partial charge in [-0.25, -0.2) is 14.5 Å². The molecule has 3 aliphatic heterocycles. The molecule has 0 aromatic carbocycles. The highest BCUT2D eigenvalue weighted by Gasteiger charge is 2.67. The fraction of sp³-hybridized carbons (Fsp3) is 0.769. The Hall–Kier alpha value is -0.650. The average molecular weight is 493 g/mol. The van der Waals surface area contributed by atoms with Gasteiger partial charge in [0.2, 0.25) is 18.6 Å². The summed E-state index contributed by atoms with van der Waals surface area (Å²) in [6.45, 7) is -1.39. The lowest BCUT2D eigenvalue weighted by Gasteiger charge is -2.42. The normalized spacial score (nSPS) is 49.2. The van der Waals surface area contributed by atoms with Crippen molar-refractivity contribution >= 4 is 34.8 Å². The molecule has 26 heavy (non-hydrogen) atoms. The van der Waals surface area contributed by atoms with Gasteiger partial charge in [0.15, 0.2) is 6.10 Å². The molecule has 0 radical (unpaired) electrons. The lowest BCUT2D eigenvalue weighted by Crippen LogP contribution is -2.72. The van der Waals surface area contributed by atoms with Crippen molar-refractivity contribution in [3.05, 3.63) is 0 Å². The Bertz CT molecular complexity index is 592. The minimum atomic E-state index is -2.15. The molecule has 1 unspecified atom stereocenters. The second kappa shape index (κ2) is 7.40. The molecule has 9 atom stereocenters. The first kappa shape index (κ1) is 20.1. The Kier molecular flexibility index (Phi) is 5.72. The summed E-state index contributed by atoms with van der Waals surface area (Å²) in [5, 5.41) is 50.8. The van der Waals surface area contributed by atoms with Gasteiger partial charge in [-0.3, -0.25) is 4.79 Å². The van der Waals surface area contributed by atoms with Crippen LogP contribution in [-0.4, -0.2) is 106 Å². The largest absolute Gasteiger partial charge is 0.433 e. The molecule has 0 saturated carbocycles. The van der Waals surface area contributed by atoms with Crippen molar-refractivity contribution in [3.63, 3.8) is 0 Å². The van der Waals surface area contributed by atoms with Gasteiger partial charge in [-0.15, -0.1) is 0 Å². The molecule has 3 aliphatic rings. The molecule has 148 valence electrons. The molecule has 2 fully saturated rings. The molecule has 11 nitrogen and oxygen atoms in total. The van der Waals surface area contributed by atoms with Crippen molar-refractivity contribution < 1.29 is 53.5 Å². The Balaban J connectivity index is 2.06. The highest BCUT2D eigenvalue weighted by molar-refractivity contribution is 14.2. The second-order valence-corrected chi connectivity index (χ2v) is 8.32. The summed E-state index contributed by atoms with van der Waals surface area (Å²) in [7, 11) is 0. The van der Waals surface area contributed by atoms with E-state index < -0.39 is 97.5 Å². The zero-order valence-corrected chi connectivity index (χ0v) is 15.3. The first-order valence-electron chi connectivity index (χ1n) is 7.70. The summed E-state index contributed by atoms with van der Waals surface area (Å²) >= 11 is -1.46. The predicted octanol–water partition coefficient (Wildman–Crippen LogP) is -2.77. The van der Waals surface area contributed by atoms with E-state index in [-0.39, 0.29) is 0 Å². The number of aliphatic hydroxyl groups is 5. The van der Waals surface area contributed by atoms with E-state index in [1.54, 1.807) is 0 Å². The number of rotatable bonds is 4. The van der Waals surface area contributed by atoms with E-state index in [2.05, 4.69) is 0 Å². The third-order valence-corrected chi connectivity index (χ3v) is 6.74. The summed E-state index contributed by atoms with van der Waals surface area (Å²) in [5.41, 5.74) is 0. The van der Waals surface area contributed by atoms with Crippen molar-refractivity contribution in [2.45, 2.75) is 49.1 Å². The minimum Gasteiger partial charge on any atom is -0.394 e. The Morgan fingerprint density at radius 3 is 2.12 bits per heavy atom. The maximum atomic E-state index is 14.8. The maximum absolute atomic E-state index is 14.8. The van der Waals surface area contributed by atoms with Gasteiger partial charge in [-0.05, 0) is 0 Å². The first-order chi connectivity index (χ1) is 12.3. The number of quaternary nitrogens is 1. The zero-order chi connectivity index (χ0) is 19.2. The van der Waals surface area contributed by atoms with Crippen LogP contribution in [0.1, 0.15) is 0 Å². The highest BCUT2D eigenvalue weighted by atomic mass is 127. The standard InChI is InChI=1S/C13H18FIN2O9/c14-6-7(20)4(1-18)25-10(6)17(3-15-12(23)16-13(17)24)11-9(22)8(21)5(2-19)26-11/h3-11,18-22H,1-2H2/p+1/t4-,5-,6+,7-,8-,9-,10-,11-,17?/m1/s1. The smallest absolute Gasteiger partial charge is 0.394 e. The van der Waals surface area contributed by atoms with E-state index in [1.807, 2.05) is 5.32 Å². The van der Waals surface area contributed by atoms with Gasteiger partial charge in [-0.1, -0.05) is 0 Å². The molecule has 0 spiro atoms. The average Bonchev–Trinajstić information content (AvgIpc) is 3.07. The molecule has 3 amide bonds. The Labute approximate surface area is 156 Å². The van der Waals surface area contributed by atoms with E-state index in [4.69, 9.17) is 9.47 Å². The van der Waals surface area contributed by atoms with Crippen LogP contribution in [0.15, 0.2) is 0 Å². The predicted molar refractivity (Wildman–Crippen MR) is 88.7 cm³/mol. The van der Waals surface area contributed by atoms with Gasteiger partial charge in [0, 0.05) is 20.7 Å². The van der Waals surface area contributed by atoms with E-state index in [1.165, 1.54) is 4.14 Å². The number of alkyl halides is 1. The van der Waals surface area contributed by atoms with Crippen molar-refractivity contribution in [2.24, 2.45) is 0 Å². The number of carbonyl (C=O) groups is 2. The van der Waals surface area contributed by atoms with Gasteiger partial charge in [0.1, 0.15) is 28.6 Å². The van der Waals surface area contributed by atoms with Gasteiger partial charge in [0.05, 0.1) is 13.2 Å². The molecule has 0 aliphatic carbocycles.